The van der Waals surface area contributed by atoms with E-state index in [1.807, 2.05) is 12.1 Å². The van der Waals surface area contributed by atoms with Crippen LogP contribution < -0.4 is 10.1 Å². The number of benzene rings is 2. The fourth-order valence-electron chi connectivity index (χ4n) is 2.39. The molecule has 2 aromatic carbocycles. The Morgan fingerprint density at radius 1 is 1.21 bits per heavy atom. The summed E-state index contributed by atoms with van der Waals surface area (Å²) in [5.41, 5.74) is 1.30. The summed E-state index contributed by atoms with van der Waals surface area (Å²) in [5, 5.41) is 6.67. The second-order valence-corrected chi connectivity index (χ2v) is 6.74. The first-order valence-corrected chi connectivity index (χ1v) is 9.33. The number of ether oxygens (including phenoxy) is 1. The summed E-state index contributed by atoms with van der Waals surface area (Å²) in [6.45, 7) is -0.887. The fourth-order valence-corrected chi connectivity index (χ4v) is 3.28. The molecule has 0 aliphatic rings. The number of thioether (sulfide) groups is 1. The molecule has 0 aliphatic heterocycles. The molecule has 1 amide bonds. The molecule has 3 rings (SSSR count). The van der Waals surface area contributed by atoms with Crippen molar-refractivity contribution in [1.82, 2.24) is 15.5 Å². The standard InChI is InChI=1S/C19H17F2N3O3S/c1-12-23-17(24-27-12)11-28-16-5-3-2-4-15(16)18(25)22-10-13-6-8-14(9-7-13)26-19(20)21/h2-9,19H,10-11H2,1H3,(H,22,25). The molecule has 6 nitrogen and oxygen atoms in total. The zero-order valence-corrected chi connectivity index (χ0v) is 15.7. The molecule has 1 aromatic heterocycles. The van der Waals surface area contributed by atoms with Crippen molar-refractivity contribution in [3.8, 4) is 5.75 Å². The molecule has 0 unspecified atom stereocenters. The van der Waals surface area contributed by atoms with Gasteiger partial charge in [-0.15, -0.1) is 11.8 Å². The van der Waals surface area contributed by atoms with Crippen LogP contribution in [0.15, 0.2) is 57.9 Å². The van der Waals surface area contributed by atoms with Crippen molar-refractivity contribution in [2.75, 3.05) is 0 Å². The van der Waals surface area contributed by atoms with Crippen LogP contribution in [0.5, 0.6) is 5.75 Å². The number of amides is 1. The first kappa shape index (κ1) is 19.8. The number of alkyl halides is 2. The number of carbonyl (C=O) groups is 1. The molecule has 0 saturated heterocycles. The van der Waals surface area contributed by atoms with Crippen molar-refractivity contribution in [2.45, 2.75) is 30.7 Å². The van der Waals surface area contributed by atoms with E-state index in [4.69, 9.17) is 4.52 Å². The normalized spacial score (nSPS) is 10.9. The van der Waals surface area contributed by atoms with Crippen LogP contribution >= 0.6 is 11.8 Å². The third kappa shape index (κ3) is 5.53. The highest BCUT2D eigenvalue weighted by Crippen LogP contribution is 2.25. The number of hydrogen-bond donors (Lipinski definition) is 1. The van der Waals surface area contributed by atoms with Gasteiger partial charge in [-0.1, -0.05) is 29.4 Å². The molecule has 9 heteroatoms. The highest BCUT2D eigenvalue weighted by Gasteiger charge is 2.13. The van der Waals surface area contributed by atoms with E-state index in [9.17, 15) is 13.6 Å². The Balaban J connectivity index is 1.59. The Bertz CT molecular complexity index is 932. The SMILES string of the molecule is Cc1nc(CSc2ccccc2C(=O)NCc2ccc(OC(F)F)cc2)no1. The van der Waals surface area contributed by atoms with Gasteiger partial charge in [-0.3, -0.25) is 4.79 Å². The van der Waals surface area contributed by atoms with E-state index in [2.05, 4.69) is 20.2 Å². The van der Waals surface area contributed by atoms with E-state index in [-0.39, 0.29) is 18.2 Å². The van der Waals surface area contributed by atoms with E-state index in [0.29, 0.717) is 23.0 Å². The number of nitrogens with one attached hydrogen (secondary N) is 1. The van der Waals surface area contributed by atoms with Gasteiger partial charge in [-0.25, -0.2) is 0 Å². The summed E-state index contributed by atoms with van der Waals surface area (Å²) in [7, 11) is 0. The minimum atomic E-state index is -2.86. The van der Waals surface area contributed by atoms with Crippen LogP contribution in [0, 0.1) is 6.92 Å². The van der Waals surface area contributed by atoms with Crippen LogP contribution in [0.4, 0.5) is 8.78 Å². The lowest BCUT2D eigenvalue weighted by atomic mass is 10.2. The molecule has 146 valence electrons. The van der Waals surface area contributed by atoms with Gasteiger partial charge in [0.1, 0.15) is 5.75 Å². The average molecular weight is 405 g/mol. The lowest BCUT2D eigenvalue weighted by Crippen LogP contribution is -2.23. The Morgan fingerprint density at radius 3 is 2.64 bits per heavy atom. The van der Waals surface area contributed by atoms with E-state index in [0.717, 1.165) is 10.5 Å². The Hall–Kier alpha value is -2.94. The number of hydrogen-bond acceptors (Lipinski definition) is 6. The monoisotopic (exact) mass is 405 g/mol. The van der Waals surface area contributed by atoms with E-state index < -0.39 is 6.61 Å². The molecule has 0 atom stereocenters. The number of halogens is 2. The molecular formula is C19H17F2N3O3S. The minimum absolute atomic E-state index is 0.0727. The lowest BCUT2D eigenvalue weighted by molar-refractivity contribution is -0.0498. The highest BCUT2D eigenvalue weighted by molar-refractivity contribution is 7.98. The Morgan fingerprint density at radius 2 is 1.96 bits per heavy atom. The van der Waals surface area contributed by atoms with Gasteiger partial charge in [0.05, 0.1) is 11.3 Å². The van der Waals surface area contributed by atoms with Crippen LogP contribution in [0.2, 0.25) is 0 Å². The topological polar surface area (TPSA) is 77.2 Å². The van der Waals surface area contributed by atoms with Crippen molar-refractivity contribution in [1.29, 1.82) is 0 Å². The first-order chi connectivity index (χ1) is 13.5. The predicted molar refractivity (Wildman–Crippen MR) is 99.3 cm³/mol. The zero-order valence-electron chi connectivity index (χ0n) is 14.9. The van der Waals surface area contributed by atoms with Gasteiger partial charge >= 0.3 is 6.61 Å². The van der Waals surface area contributed by atoms with Gasteiger partial charge in [-0.05, 0) is 29.8 Å². The zero-order chi connectivity index (χ0) is 19.9. The van der Waals surface area contributed by atoms with Crippen molar-refractivity contribution < 1.29 is 22.8 Å². The molecule has 1 N–H and O–H groups in total. The number of nitrogens with zero attached hydrogens (tertiary/aromatic N) is 2. The average Bonchev–Trinajstić information content (AvgIpc) is 3.10. The molecule has 0 aliphatic carbocycles. The summed E-state index contributed by atoms with van der Waals surface area (Å²) < 4.78 is 33.6. The van der Waals surface area contributed by atoms with Gasteiger partial charge in [0, 0.05) is 18.4 Å². The first-order valence-electron chi connectivity index (χ1n) is 8.34. The van der Waals surface area contributed by atoms with E-state index >= 15 is 0 Å². The highest BCUT2D eigenvalue weighted by atomic mass is 32.2. The summed E-state index contributed by atoms with van der Waals surface area (Å²) in [6, 6.07) is 13.3. The molecule has 0 spiro atoms. The number of rotatable bonds is 8. The molecule has 0 bridgehead atoms. The third-order valence-electron chi connectivity index (χ3n) is 3.66. The third-order valence-corrected chi connectivity index (χ3v) is 4.73. The quantitative estimate of drug-likeness (QED) is 0.566. The van der Waals surface area contributed by atoms with Crippen molar-refractivity contribution >= 4 is 17.7 Å². The molecule has 3 aromatic rings. The van der Waals surface area contributed by atoms with Crippen molar-refractivity contribution in [3.63, 3.8) is 0 Å². The van der Waals surface area contributed by atoms with Crippen molar-refractivity contribution in [2.24, 2.45) is 0 Å². The molecule has 1 heterocycles. The molecule has 0 radical (unpaired) electrons. The molecule has 0 saturated carbocycles. The smallest absolute Gasteiger partial charge is 0.387 e. The summed E-state index contributed by atoms with van der Waals surface area (Å²) in [5.74, 6) is 1.37. The lowest BCUT2D eigenvalue weighted by Gasteiger charge is -2.10. The second-order valence-electron chi connectivity index (χ2n) is 5.72. The number of carbonyl (C=O) groups excluding carboxylic acids is 1. The van der Waals surface area contributed by atoms with Gasteiger partial charge in [0.25, 0.3) is 5.91 Å². The Labute approximate surface area is 164 Å². The molecular weight excluding hydrogens is 388 g/mol. The predicted octanol–water partition coefficient (Wildman–Crippen LogP) is 4.20. The van der Waals surface area contributed by atoms with E-state index in [1.54, 1.807) is 31.2 Å². The maximum Gasteiger partial charge on any atom is 0.387 e. The second kappa shape index (κ2) is 9.32. The maximum absolute atomic E-state index is 12.6. The number of aryl methyl sites for hydroxylation is 1. The largest absolute Gasteiger partial charge is 0.435 e. The minimum Gasteiger partial charge on any atom is -0.435 e. The van der Waals surface area contributed by atoms with Crippen LogP contribution in [-0.2, 0) is 12.3 Å². The Kier molecular flexibility index (Phi) is 6.59. The van der Waals surface area contributed by atoms with Crippen LogP contribution in [0.3, 0.4) is 0 Å². The summed E-state index contributed by atoms with van der Waals surface area (Å²) >= 11 is 1.44. The molecule has 28 heavy (non-hydrogen) atoms. The van der Waals surface area contributed by atoms with Gasteiger partial charge in [-0.2, -0.15) is 13.8 Å². The maximum atomic E-state index is 12.6. The fraction of sp³-hybridized carbons (Fsp3) is 0.211. The van der Waals surface area contributed by atoms with Gasteiger partial charge in [0.15, 0.2) is 5.82 Å². The summed E-state index contributed by atoms with van der Waals surface area (Å²) in [6.07, 6.45) is 0. The summed E-state index contributed by atoms with van der Waals surface area (Å²) in [4.78, 5) is 17.5. The van der Waals surface area contributed by atoms with Crippen LogP contribution in [0.25, 0.3) is 0 Å². The van der Waals surface area contributed by atoms with Gasteiger partial charge < -0.3 is 14.6 Å². The van der Waals surface area contributed by atoms with Crippen LogP contribution in [0.1, 0.15) is 27.6 Å². The molecule has 0 fully saturated rings. The van der Waals surface area contributed by atoms with Gasteiger partial charge in [0.2, 0.25) is 5.89 Å². The van der Waals surface area contributed by atoms with E-state index in [1.165, 1.54) is 23.9 Å². The van der Waals surface area contributed by atoms with Crippen molar-refractivity contribution in [3.05, 3.63) is 71.4 Å². The van der Waals surface area contributed by atoms with Crippen LogP contribution in [-0.4, -0.2) is 22.7 Å². The number of aromatic nitrogens is 2.